The highest BCUT2D eigenvalue weighted by atomic mass is 16.5. The van der Waals surface area contributed by atoms with E-state index in [1.54, 1.807) is 0 Å². The summed E-state index contributed by atoms with van der Waals surface area (Å²) in [5.74, 6) is 0. The van der Waals surface area contributed by atoms with Crippen molar-refractivity contribution < 1.29 is 4.74 Å². The fourth-order valence-corrected chi connectivity index (χ4v) is 4.02. The number of nitrogens with one attached hydrogen (secondary N) is 1. The van der Waals surface area contributed by atoms with Gasteiger partial charge in [0, 0.05) is 12.0 Å². The average molecular weight is 223 g/mol. The van der Waals surface area contributed by atoms with Gasteiger partial charge in [0.15, 0.2) is 0 Å². The van der Waals surface area contributed by atoms with Gasteiger partial charge in [-0.05, 0) is 56.9 Å². The minimum atomic E-state index is 0.618. The molecule has 0 aromatic rings. The number of ether oxygens (including phenoxy) is 1. The van der Waals surface area contributed by atoms with E-state index in [9.17, 15) is 0 Å². The van der Waals surface area contributed by atoms with Crippen molar-refractivity contribution in [1.29, 1.82) is 0 Å². The van der Waals surface area contributed by atoms with Gasteiger partial charge >= 0.3 is 0 Å². The lowest BCUT2D eigenvalue weighted by Gasteiger charge is -2.62. The molecule has 1 N–H and O–H groups in total. The van der Waals surface area contributed by atoms with E-state index in [4.69, 9.17) is 4.74 Å². The summed E-state index contributed by atoms with van der Waals surface area (Å²) in [4.78, 5) is 0. The molecule has 3 saturated carbocycles. The predicted octanol–water partition coefficient (Wildman–Crippen LogP) is 2.73. The number of rotatable bonds is 6. The molecule has 3 aliphatic rings. The molecule has 2 heteroatoms. The van der Waals surface area contributed by atoms with Crippen LogP contribution in [0, 0.1) is 10.8 Å². The summed E-state index contributed by atoms with van der Waals surface area (Å²) in [6.07, 6.45) is 10.6. The van der Waals surface area contributed by atoms with Crippen molar-refractivity contribution in [3.8, 4) is 0 Å². The standard InChI is InChI=1S/C14H25NO/c1-2-9-15-10-11-16-12-3-4-14(12)8-7-13(14)5-6-13/h12,15H,2-11H2,1H3/t12-,14-/m1/s1. The molecule has 0 aromatic heterocycles. The molecule has 0 radical (unpaired) electrons. The Morgan fingerprint density at radius 3 is 2.44 bits per heavy atom. The van der Waals surface area contributed by atoms with Crippen LogP contribution in [0.5, 0.6) is 0 Å². The van der Waals surface area contributed by atoms with Crippen molar-refractivity contribution in [1.82, 2.24) is 5.32 Å². The van der Waals surface area contributed by atoms with Gasteiger partial charge in [0.05, 0.1) is 12.7 Å². The van der Waals surface area contributed by atoms with Gasteiger partial charge in [-0.15, -0.1) is 0 Å². The van der Waals surface area contributed by atoms with E-state index in [2.05, 4.69) is 12.2 Å². The minimum absolute atomic E-state index is 0.618. The molecule has 0 saturated heterocycles. The van der Waals surface area contributed by atoms with Crippen LogP contribution in [-0.2, 0) is 4.74 Å². The van der Waals surface area contributed by atoms with E-state index in [0.717, 1.165) is 25.1 Å². The van der Waals surface area contributed by atoms with Crippen LogP contribution >= 0.6 is 0 Å². The SMILES string of the molecule is CCCNCCO[C@@H]1CC[C@@]12CCC21CC1. The molecule has 3 aliphatic carbocycles. The van der Waals surface area contributed by atoms with E-state index in [0.29, 0.717) is 11.5 Å². The summed E-state index contributed by atoms with van der Waals surface area (Å²) in [6, 6.07) is 0. The Hall–Kier alpha value is -0.0800. The second-order valence-corrected chi connectivity index (χ2v) is 6.08. The summed E-state index contributed by atoms with van der Waals surface area (Å²) >= 11 is 0. The highest BCUT2D eigenvalue weighted by Crippen LogP contribution is 2.78. The highest BCUT2D eigenvalue weighted by molar-refractivity contribution is 5.21. The topological polar surface area (TPSA) is 21.3 Å². The smallest absolute Gasteiger partial charge is 0.0637 e. The summed E-state index contributed by atoms with van der Waals surface area (Å²) in [7, 11) is 0. The summed E-state index contributed by atoms with van der Waals surface area (Å²) in [5.41, 5.74) is 1.45. The van der Waals surface area contributed by atoms with Crippen molar-refractivity contribution in [2.75, 3.05) is 19.7 Å². The Kier molecular flexibility index (Phi) is 2.75. The number of fused-ring (bicyclic) bond motifs is 1. The van der Waals surface area contributed by atoms with Gasteiger partial charge in [-0.25, -0.2) is 0 Å². The van der Waals surface area contributed by atoms with Crippen molar-refractivity contribution in [3.05, 3.63) is 0 Å². The molecule has 2 nitrogen and oxygen atoms in total. The number of hydrogen-bond donors (Lipinski definition) is 1. The first-order chi connectivity index (χ1) is 7.83. The molecule has 2 spiro atoms. The third-order valence-electron chi connectivity index (χ3n) is 5.45. The van der Waals surface area contributed by atoms with Crippen LogP contribution in [0.1, 0.15) is 51.9 Å². The molecule has 0 bridgehead atoms. The van der Waals surface area contributed by atoms with Gasteiger partial charge in [-0.2, -0.15) is 0 Å². The zero-order chi connectivity index (χ0) is 11.1. The maximum atomic E-state index is 6.10. The minimum Gasteiger partial charge on any atom is -0.376 e. The maximum absolute atomic E-state index is 6.10. The molecule has 0 amide bonds. The van der Waals surface area contributed by atoms with Gasteiger partial charge in [0.1, 0.15) is 0 Å². The van der Waals surface area contributed by atoms with Crippen molar-refractivity contribution in [2.24, 2.45) is 10.8 Å². The molecule has 0 heterocycles. The fraction of sp³-hybridized carbons (Fsp3) is 1.00. The van der Waals surface area contributed by atoms with Crippen LogP contribution < -0.4 is 5.32 Å². The fourth-order valence-electron chi connectivity index (χ4n) is 4.02. The molecular formula is C14H25NO. The molecule has 16 heavy (non-hydrogen) atoms. The first kappa shape index (κ1) is 11.0. The second-order valence-electron chi connectivity index (χ2n) is 6.08. The Bertz CT molecular complexity index is 257. The van der Waals surface area contributed by atoms with Gasteiger partial charge in [-0.1, -0.05) is 6.92 Å². The first-order valence-electron chi connectivity index (χ1n) is 7.15. The molecule has 0 unspecified atom stereocenters. The normalized spacial score (nSPS) is 38.4. The lowest BCUT2D eigenvalue weighted by atomic mass is 9.46. The Balaban J connectivity index is 1.40. The van der Waals surface area contributed by atoms with E-state index >= 15 is 0 Å². The Morgan fingerprint density at radius 1 is 1.12 bits per heavy atom. The number of hydrogen-bond acceptors (Lipinski definition) is 2. The largest absolute Gasteiger partial charge is 0.376 e. The molecule has 3 fully saturated rings. The summed E-state index contributed by atoms with van der Waals surface area (Å²) in [6.45, 7) is 5.29. The van der Waals surface area contributed by atoms with E-state index in [-0.39, 0.29) is 0 Å². The van der Waals surface area contributed by atoms with E-state index < -0.39 is 0 Å². The lowest BCUT2D eigenvalue weighted by molar-refractivity contribution is -0.199. The Morgan fingerprint density at radius 2 is 1.94 bits per heavy atom. The molecule has 2 atom stereocenters. The van der Waals surface area contributed by atoms with Crippen LogP contribution in [-0.4, -0.2) is 25.8 Å². The van der Waals surface area contributed by atoms with Gasteiger partial charge in [-0.3, -0.25) is 0 Å². The molecular weight excluding hydrogens is 198 g/mol. The van der Waals surface area contributed by atoms with Crippen molar-refractivity contribution in [3.63, 3.8) is 0 Å². The van der Waals surface area contributed by atoms with Gasteiger partial charge in [0.25, 0.3) is 0 Å². The molecule has 0 aliphatic heterocycles. The van der Waals surface area contributed by atoms with E-state index in [1.807, 2.05) is 0 Å². The Labute approximate surface area is 99.1 Å². The average Bonchev–Trinajstić information content (AvgIpc) is 3.02. The van der Waals surface area contributed by atoms with E-state index in [1.165, 1.54) is 44.9 Å². The van der Waals surface area contributed by atoms with Gasteiger partial charge < -0.3 is 10.1 Å². The molecule has 3 rings (SSSR count). The third-order valence-corrected chi connectivity index (χ3v) is 5.45. The summed E-state index contributed by atoms with van der Waals surface area (Å²) in [5, 5.41) is 3.41. The summed E-state index contributed by atoms with van der Waals surface area (Å²) < 4.78 is 6.10. The first-order valence-corrected chi connectivity index (χ1v) is 7.15. The van der Waals surface area contributed by atoms with Crippen LogP contribution in [0.15, 0.2) is 0 Å². The van der Waals surface area contributed by atoms with Crippen molar-refractivity contribution in [2.45, 2.75) is 58.0 Å². The van der Waals surface area contributed by atoms with Crippen LogP contribution in [0.2, 0.25) is 0 Å². The maximum Gasteiger partial charge on any atom is 0.0637 e. The quantitative estimate of drug-likeness (QED) is 0.699. The van der Waals surface area contributed by atoms with Crippen molar-refractivity contribution >= 4 is 0 Å². The second kappa shape index (κ2) is 3.99. The highest BCUT2D eigenvalue weighted by Gasteiger charge is 2.71. The van der Waals surface area contributed by atoms with Crippen LogP contribution in [0.3, 0.4) is 0 Å². The zero-order valence-electron chi connectivity index (χ0n) is 10.6. The lowest BCUT2D eigenvalue weighted by Crippen LogP contribution is -2.59. The van der Waals surface area contributed by atoms with Gasteiger partial charge in [0.2, 0.25) is 0 Å². The zero-order valence-corrected chi connectivity index (χ0v) is 10.6. The monoisotopic (exact) mass is 223 g/mol. The van der Waals surface area contributed by atoms with Crippen LogP contribution in [0.4, 0.5) is 0 Å². The molecule has 0 aromatic carbocycles. The third kappa shape index (κ3) is 1.46. The van der Waals surface area contributed by atoms with Crippen LogP contribution in [0.25, 0.3) is 0 Å². The predicted molar refractivity (Wildman–Crippen MR) is 65.5 cm³/mol. The molecule has 92 valence electrons.